The standard InChI is InChI=1S/C41H43N3O11S/c1-17-10-20-11-24-39(48)44-25-14-51-40(49)41(38-23(12-21(13-45)42-41)22-8-6-7-9-26(22)55-38)15-56-37(31(44)30(43(24)4)27(20)32(47)33(17)50-5)29-28(25)36-35(52-16-53-36)18(2)34(29)54-19(3)46/h6-10,21,24-25,30-31,37,39,42,45,47-48H,11-16H2,1-5H3/t21-,24-,25-,30+,31+,37+,39-,41+/m0/s1. The molecule has 15 heteroatoms. The van der Waals surface area contributed by atoms with Gasteiger partial charge in [0.2, 0.25) is 6.79 Å². The zero-order valence-electron chi connectivity index (χ0n) is 31.6. The third kappa shape index (κ3) is 4.75. The van der Waals surface area contributed by atoms with E-state index in [0.29, 0.717) is 69.4 Å². The first-order chi connectivity index (χ1) is 27.0. The molecule has 7 aliphatic rings. The highest BCUT2D eigenvalue weighted by Gasteiger charge is 2.62. The van der Waals surface area contributed by atoms with Crippen LogP contribution in [-0.2, 0) is 32.7 Å². The molecule has 1 aromatic heterocycles. The van der Waals surface area contributed by atoms with E-state index in [1.165, 1.54) is 25.8 Å². The topological polar surface area (TPSA) is 173 Å². The number of aliphatic hydroxyl groups is 2. The first-order valence-electron chi connectivity index (χ1n) is 18.9. The minimum Gasteiger partial charge on any atom is -0.504 e. The summed E-state index contributed by atoms with van der Waals surface area (Å²) in [6, 6.07) is 6.82. The Morgan fingerprint density at radius 2 is 1.88 bits per heavy atom. The SMILES string of the molecule is COc1c(C)cc2c(c1O)[C@@H]1[C@@H]3[C@@H]4SC[C@]5(N[C@H](CO)Cc6c5oc5ccccc65)C(=O)OC[C@@H](c5c6c(c(C)c(OC(C)=O)c54)OCO6)N3[C@@H](O)[C@H](C2)N1C. The molecule has 4 aromatic rings. The fourth-order valence-corrected chi connectivity index (χ4v) is 12.2. The number of esters is 2. The molecule has 0 amide bonds. The number of likely N-dealkylation sites (N-methyl/N-ethyl adjacent to an activating group) is 1. The molecule has 8 heterocycles. The molecule has 4 N–H and O–H groups in total. The van der Waals surface area contributed by atoms with Crippen LogP contribution in [0.15, 0.2) is 34.7 Å². The van der Waals surface area contributed by atoms with Crippen LogP contribution in [0.2, 0.25) is 0 Å². The number of ether oxygens (including phenoxy) is 5. The van der Waals surface area contributed by atoms with Gasteiger partial charge in [-0.1, -0.05) is 24.3 Å². The Balaban J connectivity index is 1.25. The second kappa shape index (κ2) is 12.7. The van der Waals surface area contributed by atoms with Crippen LogP contribution in [-0.4, -0.2) is 101 Å². The molecular formula is C41H43N3O11S. The van der Waals surface area contributed by atoms with Gasteiger partial charge in [-0.25, -0.2) is 4.79 Å². The van der Waals surface area contributed by atoms with E-state index in [0.717, 1.165) is 22.1 Å². The van der Waals surface area contributed by atoms with Crippen LogP contribution < -0.4 is 24.3 Å². The van der Waals surface area contributed by atoms with Gasteiger partial charge in [-0.15, -0.1) is 11.8 Å². The Morgan fingerprint density at radius 1 is 1.09 bits per heavy atom. The zero-order valence-corrected chi connectivity index (χ0v) is 32.4. The number of piperazine rings is 1. The van der Waals surface area contributed by atoms with E-state index in [1.54, 1.807) is 0 Å². The highest BCUT2D eigenvalue weighted by atomic mass is 32.2. The number of hydrogen-bond acceptors (Lipinski definition) is 15. The van der Waals surface area contributed by atoms with Crippen LogP contribution >= 0.6 is 11.8 Å². The molecule has 0 aliphatic carbocycles. The number of fused-ring (bicyclic) bond motifs is 11. The second-order valence-electron chi connectivity index (χ2n) is 15.7. The number of aromatic hydroxyl groups is 1. The van der Waals surface area contributed by atoms with Crippen LogP contribution in [0.1, 0.15) is 69.0 Å². The Bertz CT molecular complexity index is 2350. The summed E-state index contributed by atoms with van der Waals surface area (Å²) < 4.78 is 37.1. The van der Waals surface area contributed by atoms with Crippen LogP contribution in [0.4, 0.5) is 0 Å². The van der Waals surface area contributed by atoms with E-state index in [4.69, 9.17) is 28.1 Å². The number of aryl methyl sites for hydroxylation is 1. The molecule has 56 heavy (non-hydrogen) atoms. The van der Waals surface area contributed by atoms with Gasteiger partial charge in [-0.2, -0.15) is 0 Å². The average Bonchev–Trinajstić information content (AvgIpc) is 3.82. The largest absolute Gasteiger partial charge is 0.504 e. The molecule has 3 aromatic carbocycles. The number of aliphatic hydroxyl groups excluding tert-OH is 2. The summed E-state index contributed by atoms with van der Waals surface area (Å²) in [4.78, 5) is 32.0. The van der Waals surface area contributed by atoms with E-state index < -0.39 is 59.2 Å². The second-order valence-corrected chi connectivity index (χ2v) is 16.8. The summed E-state index contributed by atoms with van der Waals surface area (Å²) in [5.41, 5.74) is 4.13. The summed E-state index contributed by atoms with van der Waals surface area (Å²) in [5.74, 6) is 0.970. The molecule has 1 spiro atoms. The Kier molecular flexibility index (Phi) is 8.17. The Labute approximate surface area is 326 Å². The van der Waals surface area contributed by atoms with Gasteiger partial charge in [-0.05, 0) is 50.9 Å². The highest BCUT2D eigenvalue weighted by Crippen LogP contribution is 2.64. The third-order valence-corrected chi connectivity index (χ3v) is 14.3. The number of benzene rings is 3. The molecule has 294 valence electrons. The van der Waals surface area contributed by atoms with Gasteiger partial charge < -0.3 is 43.4 Å². The number of phenols is 1. The van der Waals surface area contributed by atoms with Crippen molar-refractivity contribution in [3.05, 3.63) is 75.0 Å². The molecule has 0 saturated carbocycles. The number of carbonyl (C=O) groups excluding carboxylic acids is 2. The zero-order chi connectivity index (χ0) is 38.9. The first-order valence-corrected chi connectivity index (χ1v) is 19.9. The van der Waals surface area contributed by atoms with E-state index in [2.05, 4.69) is 10.2 Å². The number of methoxy groups -OCH3 is 1. The van der Waals surface area contributed by atoms with Crippen molar-refractivity contribution < 1.29 is 53.0 Å². The van der Waals surface area contributed by atoms with Crippen molar-refractivity contribution >= 4 is 34.7 Å². The van der Waals surface area contributed by atoms with Crippen LogP contribution in [0.5, 0.6) is 28.7 Å². The monoisotopic (exact) mass is 785 g/mol. The van der Waals surface area contributed by atoms with E-state index in [-0.39, 0.29) is 31.5 Å². The molecule has 0 radical (unpaired) electrons. The molecule has 2 saturated heterocycles. The minimum absolute atomic E-state index is 0.0314. The molecule has 0 unspecified atom stereocenters. The molecule has 11 rings (SSSR count). The molecule has 14 nitrogen and oxygen atoms in total. The first kappa shape index (κ1) is 35.9. The highest BCUT2D eigenvalue weighted by molar-refractivity contribution is 7.99. The number of carbonyl (C=O) groups is 2. The number of phenolic OH excluding ortho intramolecular Hbond substituents is 1. The number of thioether (sulfide) groups is 1. The van der Waals surface area contributed by atoms with Crippen LogP contribution in [0.25, 0.3) is 11.0 Å². The predicted octanol–water partition coefficient (Wildman–Crippen LogP) is 3.81. The predicted molar refractivity (Wildman–Crippen MR) is 202 cm³/mol. The van der Waals surface area contributed by atoms with Crippen LogP contribution in [0.3, 0.4) is 0 Å². The molecule has 7 aliphatic heterocycles. The van der Waals surface area contributed by atoms with Gasteiger partial charge in [0.1, 0.15) is 29.9 Å². The summed E-state index contributed by atoms with van der Waals surface area (Å²) in [7, 11) is 3.49. The fourth-order valence-electron chi connectivity index (χ4n) is 10.5. The number of para-hydroxylation sites is 1. The van der Waals surface area contributed by atoms with Gasteiger partial charge in [-0.3, -0.25) is 19.9 Å². The maximum Gasteiger partial charge on any atom is 0.335 e. The van der Waals surface area contributed by atoms with E-state index in [9.17, 15) is 24.9 Å². The van der Waals surface area contributed by atoms with Gasteiger partial charge in [0.25, 0.3) is 0 Å². The minimum atomic E-state index is -1.53. The molecule has 2 fully saturated rings. The normalized spacial score (nSPS) is 30.3. The van der Waals surface area contributed by atoms with Crippen LogP contribution in [0, 0.1) is 13.8 Å². The van der Waals surface area contributed by atoms with Gasteiger partial charge in [0.15, 0.2) is 28.5 Å². The van der Waals surface area contributed by atoms with Crippen molar-refractivity contribution in [2.75, 3.05) is 39.9 Å². The molecule has 4 bridgehead atoms. The summed E-state index contributed by atoms with van der Waals surface area (Å²) in [6.45, 7) is 4.53. The van der Waals surface area contributed by atoms with E-state index in [1.807, 2.05) is 56.1 Å². The van der Waals surface area contributed by atoms with Crippen molar-refractivity contribution in [3.63, 3.8) is 0 Å². The lowest BCUT2D eigenvalue weighted by Crippen LogP contribution is -2.70. The number of nitrogens with zero attached hydrogens (tertiary/aromatic N) is 2. The van der Waals surface area contributed by atoms with Crippen molar-refractivity contribution in [3.8, 4) is 28.7 Å². The summed E-state index contributed by atoms with van der Waals surface area (Å²) in [6.07, 6.45) is -0.181. The molecule has 8 atom stereocenters. The smallest absolute Gasteiger partial charge is 0.335 e. The quantitative estimate of drug-likeness (QED) is 0.175. The maximum atomic E-state index is 14.9. The fraction of sp³-hybridized carbons (Fsp3) is 0.463. The number of nitrogens with one attached hydrogen (secondary N) is 1. The maximum absolute atomic E-state index is 14.9. The van der Waals surface area contributed by atoms with Crippen molar-refractivity contribution in [1.29, 1.82) is 0 Å². The lowest BCUT2D eigenvalue weighted by Gasteiger charge is -2.62. The van der Waals surface area contributed by atoms with E-state index >= 15 is 0 Å². The van der Waals surface area contributed by atoms with Gasteiger partial charge in [0, 0.05) is 58.0 Å². The summed E-state index contributed by atoms with van der Waals surface area (Å²) >= 11 is 1.43. The van der Waals surface area contributed by atoms with Crippen molar-refractivity contribution in [2.24, 2.45) is 0 Å². The lowest BCUT2D eigenvalue weighted by atomic mass is 9.73. The van der Waals surface area contributed by atoms with Gasteiger partial charge in [0.05, 0.1) is 37.1 Å². The number of rotatable bonds is 3. The third-order valence-electron chi connectivity index (χ3n) is 12.8. The molecular weight excluding hydrogens is 743 g/mol. The Hall–Kier alpha value is -4.51. The number of furan rings is 1. The average molecular weight is 786 g/mol. The van der Waals surface area contributed by atoms with Crippen molar-refractivity contribution in [1.82, 2.24) is 15.1 Å². The Morgan fingerprint density at radius 3 is 2.64 bits per heavy atom. The summed E-state index contributed by atoms with van der Waals surface area (Å²) in [5, 5.41) is 39.0. The lowest BCUT2D eigenvalue weighted by molar-refractivity contribution is -0.186. The van der Waals surface area contributed by atoms with Crippen molar-refractivity contribution in [2.45, 2.75) is 80.8 Å². The van der Waals surface area contributed by atoms with Gasteiger partial charge >= 0.3 is 11.9 Å². The number of hydrogen-bond donors (Lipinski definition) is 4.